The zero-order valence-electron chi connectivity index (χ0n) is 23.9. The lowest BCUT2D eigenvalue weighted by atomic mass is 10.1. The van der Waals surface area contributed by atoms with Crippen molar-refractivity contribution in [1.29, 1.82) is 0 Å². The van der Waals surface area contributed by atoms with Crippen LogP contribution >= 0.6 is 23.5 Å². The SMILES string of the molecule is CC(=O)c1ccc(Sc2ccc([S+](c3ccc(Sc4ccc(C(C)=O)cc4)cc3)c3cc(C)c(O)c(C)c3)cc2)cc1. The Balaban J connectivity index is 1.43. The van der Waals surface area contributed by atoms with Crippen molar-refractivity contribution in [3.8, 4) is 5.75 Å². The van der Waals surface area contributed by atoms with Crippen molar-refractivity contribution >= 4 is 46.0 Å². The van der Waals surface area contributed by atoms with Gasteiger partial charge in [-0.3, -0.25) is 9.59 Å². The predicted molar refractivity (Wildman–Crippen MR) is 174 cm³/mol. The fraction of sp³-hybridized carbons (Fsp3) is 0.111. The smallest absolute Gasteiger partial charge is 0.167 e. The molecule has 0 aliphatic heterocycles. The van der Waals surface area contributed by atoms with Gasteiger partial charge in [-0.1, -0.05) is 47.8 Å². The highest BCUT2D eigenvalue weighted by molar-refractivity contribution is 7.99. The van der Waals surface area contributed by atoms with Crippen LogP contribution in [0.25, 0.3) is 0 Å². The highest BCUT2D eigenvalue weighted by Gasteiger charge is 2.30. The maximum Gasteiger partial charge on any atom is 0.167 e. The van der Waals surface area contributed by atoms with Gasteiger partial charge in [0.25, 0.3) is 0 Å². The number of benzene rings is 5. The van der Waals surface area contributed by atoms with Crippen LogP contribution in [0.3, 0.4) is 0 Å². The third kappa shape index (κ3) is 7.01. The van der Waals surface area contributed by atoms with Gasteiger partial charge in [0.2, 0.25) is 0 Å². The molecule has 6 heteroatoms. The summed E-state index contributed by atoms with van der Waals surface area (Å²) in [5.41, 5.74) is 3.16. The van der Waals surface area contributed by atoms with E-state index in [0.717, 1.165) is 35.6 Å². The van der Waals surface area contributed by atoms with Gasteiger partial charge in [0, 0.05) is 42.8 Å². The number of aromatic hydroxyl groups is 1. The molecule has 0 saturated heterocycles. The van der Waals surface area contributed by atoms with Crippen molar-refractivity contribution in [2.24, 2.45) is 0 Å². The summed E-state index contributed by atoms with van der Waals surface area (Å²) in [7, 11) is -0.374. The van der Waals surface area contributed by atoms with Crippen LogP contribution in [-0.4, -0.2) is 16.7 Å². The molecule has 0 radical (unpaired) electrons. The topological polar surface area (TPSA) is 54.4 Å². The van der Waals surface area contributed by atoms with E-state index in [2.05, 4.69) is 60.7 Å². The molecule has 3 nitrogen and oxygen atoms in total. The molecule has 0 unspecified atom stereocenters. The van der Waals surface area contributed by atoms with E-state index in [-0.39, 0.29) is 22.5 Å². The lowest BCUT2D eigenvalue weighted by Crippen LogP contribution is -2.06. The maximum atomic E-state index is 11.6. The quantitative estimate of drug-likeness (QED) is 0.134. The third-order valence-corrected chi connectivity index (χ3v) is 11.0. The Morgan fingerprint density at radius 2 is 0.833 bits per heavy atom. The second-order valence-corrected chi connectivity index (χ2v) is 14.3. The summed E-state index contributed by atoms with van der Waals surface area (Å²) < 4.78 is 0. The lowest BCUT2D eigenvalue weighted by molar-refractivity contribution is 0.100. The minimum Gasteiger partial charge on any atom is -0.507 e. The number of phenolic OH excluding ortho intramolecular Hbond substituents is 1. The second kappa shape index (κ2) is 13.1. The first-order chi connectivity index (χ1) is 20.2. The van der Waals surface area contributed by atoms with Crippen molar-refractivity contribution in [1.82, 2.24) is 0 Å². The first-order valence-electron chi connectivity index (χ1n) is 13.5. The maximum absolute atomic E-state index is 11.6. The fourth-order valence-corrected chi connectivity index (χ4v) is 8.37. The average molecular weight is 608 g/mol. The van der Waals surface area contributed by atoms with E-state index in [1.807, 2.05) is 62.4 Å². The molecule has 0 aromatic heterocycles. The number of phenols is 1. The number of rotatable bonds is 9. The Morgan fingerprint density at radius 3 is 1.14 bits per heavy atom. The van der Waals surface area contributed by atoms with Crippen LogP contribution in [0.2, 0.25) is 0 Å². The third-order valence-electron chi connectivity index (χ3n) is 6.81. The summed E-state index contributed by atoms with van der Waals surface area (Å²) in [5.74, 6) is 0.475. The van der Waals surface area contributed by atoms with Gasteiger partial charge in [-0.15, -0.1) is 0 Å². The normalized spacial score (nSPS) is 11.1. The van der Waals surface area contributed by atoms with E-state index >= 15 is 0 Å². The molecule has 0 saturated carbocycles. The molecule has 42 heavy (non-hydrogen) atoms. The van der Waals surface area contributed by atoms with Crippen molar-refractivity contribution in [2.75, 3.05) is 0 Å². The molecule has 0 spiro atoms. The van der Waals surface area contributed by atoms with Crippen molar-refractivity contribution in [2.45, 2.75) is 62.0 Å². The van der Waals surface area contributed by atoms with Gasteiger partial charge < -0.3 is 5.11 Å². The lowest BCUT2D eigenvalue weighted by Gasteiger charge is -2.12. The van der Waals surface area contributed by atoms with Crippen LogP contribution in [0.5, 0.6) is 5.75 Å². The molecule has 0 atom stereocenters. The molecule has 0 fully saturated rings. The van der Waals surface area contributed by atoms with E-state index in [4.69, 9.17) is 0 Å². The van der Waals surface area contributed by atoms with Gasteiger partial charge in [0.1, 0.15) is 5.75 Å². The molecular formula is C36H31O3S3+. The van der Waals surface area contributed by atoms with Crippen LogP contribution in [-0.2, 0) is 10.9 Å². The molecular weight excluding hydrogens is 577 g/mol. The van der Waals surface area contributed by atoms with E-state index < -0.39 is 0 Å². The number of hydrogen-bond acceptors (Lipinski definition) is 5. The first kappa shape index (κ1) is 29.8. The standard InChI is InChI=1S/C36H30O3S3/c1-23-21-35(22-24(2)36(23)39)42(33-17-13-31(14-18-33)40-29-9-5-27(6-10-29)25(3)37)34-19-15-32(16-20-34)41-30-11-7-28(8-12-30)26(4)38/h5-22H,1-4H3/p+1. The molecule has 0 amide bonds. The molecule has 210 valence electrons. The zero-order chi connectivity index (χ0) is 29.8. The van der Waals surface area contributed by atoms with E-state index in [1.54, 1.807) is 37.4 Å². The number of aryl methyl sites for hydroxylation is 2. The Hall–Kier alpha value is -3.71. The van der Waals surface area contributed by atoms with Crippen molar-refractivity contribution < 1.29 is 14.7 Å². The fourth-order valence-electron chi connectivity index (χ4n) is 4.52. The highest BCUT2D eigenvalue weighted by Crippen LogP contribution is 2.38. The molecule has 1 N–H and O–H groups in total. The Labute approximate surface area is 258 Å². The highest BCUT2D eigenvalue weighted by atomic mass is 32.2. The van der Waals surface area contributed by atoms with Crippen LogP contribution in [0, 0.1) is 13.8 Å². The van der Waals surface area contributed by atoms with Gasteiger partial charge in [-0.05, 0) is 112 Å². The molecule has 0 bridgehead atoms. The van der Waals surface area contributed by atoms with Crippen LogP contribution in [0.15, 0.2) is 143 Å². The number of carbonyl (C=O) groups is 2. The van der Waals surface area contributed by atoms with E-state index in [9.17, 15) is 14.7 Å². The van der Waals surface area contributed by atoms with Crippen molar-refractivity contribution in [3.63, 3.8) is 0 Å². The summed E-state index contributed by atoms with van der Waals surface area (Å²) >= 11 is 3.34. The molecule has 0 aliphatic rings. The monoisotopic (exact) mass is 607 g/mol. The number of hydrogen-bond donors (Lipinski definition) is 1. The summed E-state index contributed by atoms with van der Waals surface area (Å²) in [4.78, 5) is 31.2. The molecule has 5 aromatic carbocycles. The van der Waals surface area contributed by atoms with Gasteiger partial charge >= 0.3 is 0 Å². The summed E-state index contributed by atoms with van der Waals surface area (Å²) in [5, 5.41) is 10.5. The number of Topliss-reactive ketones (excluding diaryl/α,β-unsaturated/α-hetero) is 2. The molecule has 5 aromatic rings. The molecule has 0 heterocycles. The summed E-state index contributed by atoms with van der Waals surface area (Å²) in [6, 6.07) is 36.9. The number of ketones is 2. The molecule has 0 aliphatic carbocycles. The average Bonchev–Trinajstić information content (AvgIpc) is 2.98. The summed E-state index contributed by atoms with van der Waals surface area (Å²) in [6.45, 7) is 7.05. The minimum absolute atomic E-state index is 0.0672. The predicted octanol–water partition coefficient (Wildman–Crippen LogP) is 9.81. The van der Waals surface area contributed by atoms with Gasteiger partial charge in [-0.2, -0.15) is 0 Å². The zero-order valence-corrected chi connectivity index (χ0v) is 26.3. The van der Waals surface area contributed by atoms with Gasteiger partial charge in [0.05, 0.1) is 10.9 Å². The van der Waals surface area contributed by atoms with Crippen LogP contribution in [0.1, 0.15) is 45.7 Å². The van der Waals surface area contributed by atoms with Gasteiger partial charge in [0.15, 0.2) is 26.3 Å². The van der Waals surface area contributed by atoms with Gasteiger partial charge in [-0.25, -0.2) is 0 Å². The van der Waals surface area contributed by atoms with Crippen LogP contribution in [0.4, 0.5) is 0 Å². The largest absolute Gasteiger partial charge is 0.507 e. The Kier molecular flexibility index (Phi) is 9.27. The van der Waals surface area contributed by atoms with Crippen molar-refractivity contribution in [3.05, 3.63) is 131 Å². The minimum atomic E-state index is -0.374. The number of carbonyl (C=O) groups excluding carboxylic acids is 2. The van der Waals surface area contributed by atoms with E-state index in [0.29, 0.717) is 16.9 Å². The van der Waals surface area contributed by atoms with Crippen LogP contribution < -0.4 is 0 Å². The van der Waals surface area contributed by atoms with E-state index in [1.165, 1.54) is 9.79 Å². The Bertz CT molecular complexity index is 1600. The second-order valence-electron chi connectivity index (χ2n) is 10.0. The Morgan fingerprint density at radius 1 is 0.524 bits per heavy atom. The first-order valence-corrected chi connectivity index (χ1v) is 16.4. The summed E-state index contributed by atoms with van der Waals surface area (Å²) in [6.07, 6.45) is 0. The molecule has 5 rings (SSSR count).